The molecule has 142 valence electrons. The molecule has 0 aliphatic heterocycles. The number of nitrogens with one attached hydrogen (secondary N) is 2. The molecule has 0 saturated heterocycles. The van der Waals surface area contributed by atoms with Gasteiger partial charge in [0.25, 0.3) is 5.91 Å². The second-order valence-electron chi connectivity index (χ2n) is 6.08. The molecule has 0 aliphatic rings. The molecule has 3 rings (SSSR count). The van der Waals surface area contributed by atoms with Crippen LogP contribution in [0.25, 0.3) is 0 Å². The van der Waals surface area contributed by atoms with Gasteiger partial charge in [0, 0.05) is 24.6 Å². The van der Waals surface area contributed by atoms with E-state index in [0.29, 0.717) is 24.4 Å². The third kappa shape index (κ3) is 5.95. The summed E-state index contributed by atoms with van der Waals surface area (Å²) in [5.74, 6) is 0.449. The highest BCUT2D eigenvalue weighted by molar-refractivity contribution is 5.93. The summed E-state index contributed by atoms with van der Waals surface area (Å²) in [6, 6.07) is 20.1. The maximum Gasteiger partial charge on any atom is 0.253 e. The van der Waals surface area contributed by atoms with Crippen molar-refractivity contribution in [2.24, 2.45) is 0 Å². The van der Waals surface area contributed by atoms with Crippen LogP contribution in [0.2, 0.25) is 0 Å². The van der Waals surface area contributed by atoms with Gasteiger partial charge in [-0.05, 0) is 42.0 Å². The van der Waals surface area contributed by atoms with Crippen LogP contribution < -0.4 is 15.4 Å². The fraction of sp³-hybridized carbons (Fsp3) is 0.136. The van der Waals surface area contributed by atoms with E-state index in [0.717, 1.165) is 11.3 Å². The normalized spacial score (nSPS) is 10.1. The van der Waals surface area contributed by atoms with Crippen molar-refractivity contribution in [3.05, 3.63) is 90.3 Å². The lowest BCUT2D eigenvalue weighted by Gasteiger charge is -2.09. The van der Waals surface area contributed by atoms with Crippen molar-refractivity contribution in [2.75, 3.05) is 11.9 Å². The van der Waals surface area contributed by atoms with E-state index >= 15 is 0 Å². The maximum absolute atomic E-state index is 12.0. The highest BCUT2D eigenvalue weighted by atomic mass is 16.5. The molecule has 0 spiro atoms. The Morgan fingerprint density at radius 3 is 2.43 bits per heavy atom. The lowest BCUT2D eigenvalue weighted by atomic mass is 10.2. The minimum Gasteiger partial charge on any atom is -0.493 e. The first-order valence-corrected chi connectivity index (χ1v) is 8.95. The number of nitrogens with zero attached hydrogens (tertiary/aromatic N) is 1. The van der Waals surface area contributed by atoms with Crippen molar-refractivity contribution in [1.82, 2.24) is 10.3 Å². The lowest BCUT2D eigenvalue weighted by molar-refractivity contribution is -0.116. The first kappa shape index (κ1) is 19.1. The zero-order valence-corrected chi connectivity index (χ0v) is 15.3. The van der Waals surface area contributed by atoms with Gasteiger partial charge in [-0.25, -0.2) is 0 Å². The molecule has 2 aromatic carbocycles. The Kier molecular flexibility index (Phi) is 6.73. The molecule has 0 unspecified atom stereocenters. The van der Waals surface area contributed by atoms with Crippen LogP contribution in [0.4, 0.5) is 5.69 Å². The minimum atomic E-state index is -0.177. The standard InChI is InChI=1S/C22H21N3O3/c26-21(12-14-28-20-6-2-1-3-7-20)25-19-10-8-17(9-11-19)15-24-22(27)18-5-4-13-23-16-18/h1-11,13,16H,12,14-15H2,(H,24,27)(H,25,26). The molecule has 28 heavy (non-hydrogen) atoms. The predicted molar refractivity (Wildman–Crippen MR) is 107 cm³/mol. The van der Waals surface area contributed by atoms with E-state index in [2.05, 4.69) is 15.6 Å². The van der Waals surface area contributed by atoms with Gasteiger partial charge in [-0.15, -0.1) is 0 Å². The van der Waals surface area contributed by atoms with Crippen molar-refractivity contribution in [3.63, 3.8) is 0 Å². The lowest BCUT2D eigenvalue weighted by Crippen LogP contribution is -2.22. The van der Waals surface area contributed by atoms with E-state index in [4.69, 9.17) is 4.74 Å². The first-order valence-electron chi connectivity index (χ1n) is 8.95. The molecule has 6 heteroatoms. The molecule has 1 heterocycles. The molecular formula is C22H21N3O3. The van der Waals surface area contributed by atoms with Gasteiger partial charge in [0.15, 0.2) is 0 Å². The number of para-hydroxylation sites is 1. The Labute approximate surface area is 163 Å². The third-order valence-corrected chi connectivity index (χ3v) is 3.96. The van der Waals surface area contributed by atoms with Crippen LogP contribution in [-0.2, 0) is 11.3 Å². The molecule has 0 atom stereocenters. The smallest absolute Gasteiger partial charge is 0.253 e. The number of hydrogen-bond acceptors (Lipinski definition) is 4. The fourth-order valence-electron chi connectivity index (χ4n) is 2.49. The Hall–Kier alpha value is -3.67. The van der Waals surface area contributed by atoms with Crippen LogP contribution in [0.3, 0.4) is 0 Å². The number of benzene rings is 2. The SMILES string of the molecule is O=C(CCOc1ccccc1)Nc1ccc(CNC(=O)c2cccnc2)cc1. The van der Waals surface area contributed by atoms with Crippen LogP contribution in [0.15, 0.2) is 79.1 Å². The molecule has 0 saturated carbocycles. The number of carbonyl (C=O) groups is 2. The number of aromatic nitrogens is 1. The van der Waals surface area contributed by atoms with E-state index in [1.54, 1.807) is 18.3 Å². The van der Waals surface area contributed by atoms with Gasteiger partial charge in [-0.1, -0.05) is 30.3 Å². The molecule has 1 aromatic heterocycles. The number of carbonyl (C=O) groups excluding carboxylic acids is 2. The summed E-state index contributed by atoms with van der Waals surface area (Å²) in [5.41, 5.74) is 2.15. The summed E-state index contributed by atoms with van der Waals surface area (Å²) in [6.07, 6.45) is 3.41. The van der Waals surface area contributed by atoms with Gasteiger partial charge < -0.3 is 15.4 Å². The zero-order chi connectivity index (χ0) is 19.6. The third-order valence-electron chi connectivity index (χ3n) is 3.96. The summed E-state index contributed by atoms with van der Waals surface area (Å²) in [4.78, 5) is 27.9. The van der Waals surface area contributed by atoms with Crippen LogP contribution in [-0.4, -0.2) is 23.4 Å². The number of pyridine rings is 1. The van der Waals surface area contributed by atoms with E-state index in [-0.39, 0.29) is 18.2 Å². The van der Waals surface area contributed by atoms with Gasteiger partial charge in [0.2, 0.25) is 5.91 Å². The Morgan fingerprint density at radius 2 is 1.71 bits per heavy atom. The van der Waals surface area contributed by atoms with Crippen molar-refractivity contribution < 1.29 is 14.3 Å². The zero-order valence-electron chi connectivity index (χ0n) is 15.3. The summed E-state index contributed by atoms with van der Waals surface area (Å²) < 4.78 is 5.52. The Morgan fingerprint density at radius 1 is 0.929 bits per heavy atom. The van der Waals surface area contributed by atoms with Crippen LogP contribution in [0.1, 0.15) is 22.3 Å². The van der Waals surface area contributed by atoms with Crippen molar-refractivity contribution in [1.29, 1.82) is 0 Å². The van der Waals surface area contributed by atoms with Gasteiger partial charge in [0.05, 0.1) is 18.6 Å². The highest BCUT2D eigenvalue weighted by Crippen LogP contribution is 2.11. The largest absolute Gasteiger partial charge is 0.493 e. The van der Waals surface area contributed by atoms with Crippen LogP contribution in [0.5, 0.6) is 5.75 Å². The van der Waals surface area contributed by atoms with E-state index in [1.165, 1.54) is 6.20 Å². The summed E-state index contributed by atoms with van der Waals surface area (Å²) in [7, 11) is 0. The molecule has 0 radical (unpaired) electrons. The van der Waals surface area contributed by atoms with Crippen molar-refractivity contribution in [3.8, 4) is 5.75 Å². The molecule has 0 bridgehead atoms. The molecular weight excluding hydrogens is 354 g/mol. The van der Waals surface area contributed by atoms with Crippen molar-refractivity contribution >= 4 is 17.5 Å². The monoisotopic (exact) mass is 375 g/mol. The number of ether oxygens (including phenoxy) is 1. The van der Waals surface area contributed by atoms with Gasteiger partial charge >= 0.3 is 0 Å². The topological polar surface area (TPSA) is 80.3 Å². The average molecular weight is 375 g/mol. The van der Waals surface area contributed by atoms with E-state index < -0.39 is 0 Å². The second-order valence-corrected chi connectivity index (χ2v) is 6.08. The second kappa shape index (κ2) is 9.87. The minimum absolute atomic E-state index is 0.117. The van der Waals surface area contributed by atoms with Crippen LogP contribution in [0, 0.1) is 0 Å². The predicted octanol–water partition coefficient (Wildman–Crippen LogP) is 3.42. The Balaban J connectivity index is 1.41. The molecule has 0 fully saturated rings. The quantitative estimate of drug-likeness (QED) is 0.632. The van der Waals surface area contributed by atoms with Crippen LogP contribution >= 0.6 is 0 Å². The average Bonchev–Trinajstić information content (AvgIpc) is 2.74. The molecule has 0 aliphatic carbocycles. The first-order chi connectivity index (χ1) is 13.7. The van der Waals surface area contributed by atoms with Gasteiger partial charge in [-0.3, -0.25) is 14.6 Å². The summed E-state index contributed by atoms with van der Waals surface area (Å²) >= 11 is 0. The van der Waals surface area contributed by atoms with E-state index in [1.807, 2.05) is 54.6 Å². The molecule has 6 nitrogen and oxygen atoms in total. The number of anilines is 1. The number of rotatable bonds is 8. The molecule has 2 amide bonds. The number of hydrogen-bond donors (Lipinski definition) is 2. The van der Waals surface area contributed by atoms with Crippen molar-refractivity contribution in [2.45, 2.75) is 13.0 Å². The summed E-state index contributed by atoms with van der Waals surface area (Å²) in [6.45, 7) is 0.709. The number of amides is 2. The van der Waals surface area contributed by atoms with E-state index in [9.17, 15) is 9.59 Å². The Bertz CT molecular complexity index is 897. The molecule has 2 N–H and O–H groups in total. The van der Waals surface area contributed by atoms with Gasteiger partial charge in [0.1, 0.15) is 5.75 Å². The maximum atomic E-state index is 12.0. The molecule has 3 aromatic rings. The van der Waals surface area contributed by atoms with Gasteiger partial charge in [-0.2, -0.15) is 0 Å². The fourth-order valence-corrected chi connectivity index (χ4v) is 2.49. The highest BCUT2D eigenvalue weighted by Gasteiger charge is 2.06. The summed E-state index contributed by atoms with van der Waals surface area (Å²) in [5, 5.41) is 5.67.